The van der Waals surface area contributed by atoms with Crippen molar-refractivity contribution in [2.45, 2.75) is 13.0 Å². The second-order valence-corrected chi connectivity index (χ2v) is 5.52. The molecule has 1 amide bonds. The maximum Gasteiger partial charge on any atom is 0.263 e. The summed E-state index contributed by atoms with van der Waals surface area (Å²) in [5, 5.41) is 13.3. The van der Waals surface area contributed by atoms with Gasteiger partial charge in [-0.25, -0.2) is 4.98 Å². The highest BCUT2D eigenvalue weighted by atomic mass is 32.1. The third-order valence-electron chi connectivity index (χ3n) is 2.70. The molecule has 7 heteroatoms. The highest BCUT2D eigenvalue weighted by Gasteiger charge is 2.18. The van der Waals surface area contributed by atoms with Crippen LogP contribution in [0.15, 0.2) is 22.8 Å². The number of aryl methyl sites for hydroxylation is 1. The number of aliphatic hydroxyl groups excluding tert-OH is 1. The van der Waals surface area contributed by atoms with E-state index < -0.39 is 6.10 Å². The van der Waals surface area contributed by atoms with Gasteiger partial charge in [-0.05, 0) is 19.1 Å². The Bertz CT molecular complexity index is 578. The Morgan fingerprint density at radius 2 is 2.35 bits per heavy atom. The van der Waals surface area contributed by atoms with Crippen molar-refractivity contribution in [3.05, 3.63) is 34.7 Å². The van der Waals surface area contributed by atoms with Crippen LogP contribution in [0.4, 0.5) is 5.13 Å². The van der Waals surface area contributed by atoms with Gasteiger partial charge in [0.15, 0.2) is 5.13 Å². The minimum absolute atomic E-state index is 0.0982. The van der Waals surface area contributed by atoms with E-state index in [1.807, 2.05) is 19.0 Å². The van der Waals surface area contributed by atoms with Crippen LogP contribution < -0.4 is 10.2 Å². The largest absolute Gasteiger partial charge is 0.467 e. The first kappa shape index (κ1) is 14.5. The van der Waals surface area contributed by atoms with Gasteiger partial charge in [0, 0.05) is 14.1 Å². The molecule has 108 valence electrons. The van der Waals surface area contributed by atoms with E-state index >= 15 is 0 Å². The topological polar surface area (TPSA) is 78.6 Å². The SMILES string of the molecule is Cc1nc(N(C)C)sc1C(=O)NCC(O)c1ccco1. The van der Waals surface area contributed by atoms with Crippen molar-refractivity contribution in [3.63, 3.8) is 0 Å². The molecule has 20 heavy (non-hydrogen) atoms. The molecular formula is C13H17N3O3S. The fraction of sp³-hybridized carbons (Fsp3) is 0.385. The predicted octanol–water partition coefficient (Wildman–Crippen LogP) is 1.57. The molecule has 6 nitrogen and oxygen atoms in total. The molecule has 0 fully saturated rings. The molecule has 2 aromatic rings. The minimum atomic E-state index is -0.851. The number of rotatable bonds is 5. The van der Waals surface area contributed by atoms with Crippen molar-refractivity contribution in [3.8, 4) is 0 Å². The fourth-order valence-corrected chi connectivity index (χ4v) is 2.54. The van der Waals surface area contributed by atoms with Gasteiger partial charge in [-0.15, -0.1) is 0 Å². The first-order valence-electron chi connectivity index (χ1n) is 6.13. The summed E-state index contributed by atoms with van der Waals surface area (Å²) in [6.07, 6.45) is 0.632. The van der Waals surface area contributed by atoms with E-state index in [2.05, 4.69) is 10.3 Å². The number of anilines is 1. The van der Waals surface area contributed by atoms with Crippen molar-refractivity contribution in [1.29, 1.82) is 0 Å². The van der Waals surface area contributed by atoms with Gasteiger partial charge in [0.2, 0.25) is 0 Å². The number of aromatic nitrogens is 1. The van der Waals surface area contributed by atoms with Crippen LogP contribution in [-0.2, 0) is 0 Å². The molecule has 0 aliphatic rings. The second kappa shape index (κ2) is 6.06. The van der Waals surface area contributed by atoms with Crippen LogP contribution >= 0.6 is 11.3 Å². The van der Waals surface area contributed by atoms with Gasteiger partial charge in [0.25, 0.3) is 5.91 Å². The first-order chi connectivity index (χ1) is 9.49. The van der Waals surface area contributed by atoms with Gasteiger partial charge >= 0.3 is 0 Å². The van der Waals surface area contributed by atoms with E-state index in [0.29, 0.717) is 16.3 Å². The predicted molar refractivity (Wildman–Crippen MR) is 77.2 cm³/mol. The zero-order chi connectivity index (χ0) is 14.7. The lowest BCUT2D eigenvalue weighted by atomic mass is 10.2. The standard InChI is InChI=1S/C13H17N3O3S/c1-8-11(20-13(15-8)16(2)3)12(18)14-7-9(17)10-5-4-6-19-10/h4-6,9,17H,7H2,1-3H3,(H,14,18). The summed E-state index contributed by atoms with van der Waals surface area (Å²) in [5.74, 6) is 0.194. The average molecular weight is 295 g/mol. The van der Waals surface area contributed by atoms with E-state index in [0.717, 1.165) is 5.13 Å². The van der Waals surface area contributed by atoms with Gasteiger partial charge in [-0.3, -0.25) is 4.79 Å². The fourth-order valence-electron chi connectivity index (χ4n) is 1.64. The maximum absolute atomic E-state index is 12.1. The molecule has 2 heterocycles. The highest BCUT2D eigenvalue weighted by Crippen LogP contribution is 2.24. The number of carbonyl (C=O) groups is 1. The van der Waals surface area contributed by atoms with Crippen molar-refractivity contribution in [2.24, 2.45) is 0 Å². The zero-order valence-electron chi connectivity index (χ0n) is 11.6. The summed E-state index contributed by atoms with van der Waals surface area (Å²) < 4.78 is 5.07. The van der Waals surface area contributed by atoms with Gasteiger partial charge in [0.05, 0.1) is 18.5 Å². The molecule has 0 aromatic carbocycles. The number of carbonyl (C=O) groups excluding carboxylic acids is 1. The number of aliphatic hydroxyl groups is 1. The third kappa shape index (κ3) is 3.17. The molecule has 0 bridgehead atoms. The molecule has 0 saturated heterocycles. The minimum Gasteiger partial charge on any atom is -0.467 e. The van der Waals surface area contributed by atoms with Crippen molar-refractivity contribution in [2.75, 3.05) is 25.5 Å². The number of thiazole rings is 1. The van der Waals surface area contributed by atoms with Gasteiger partial charge in [-0.2, -0.15) is 0 Å². The van der Waals surface area contributed by atoms with E-state index in [-0.39, 0.29) is 12.5 Å². The summed E-state index contributed by atoms with van der Waals surface area (Å²) in [7, 11) is 3.75. The van der Waals surface area contributed by atoms with Crippen LogP contribution in [-0.4, -0.2) is 36.6 Å². The lowest BCUT2D eigenvalue weighted by Gasteiger charge is -2.09. The molecule has 0 aliphatic carbocycles. The highest BCUT2D eigenvalue weighted by molar-refractivity contribution is 7.17. The van der Waals surface area contributed by atoms with Crippen molar-refractivity contribution in [1.82, 2.24) is 10.3 Å². The maximum atomic E-state index is 12.1. The van der Waals surface area contributed by atoms with Crippen LogP contribution in [0.3, 0.4) is 0 Å². The Balaban J connectivity index is 1.98. The van der Waals surface area contributed by atoms with Gasteiger partial charge < -0.3 is 19.7 Å². The van der Waals surface area contributed by atoms with Crippen LogP contribution in [0, 0.1) is 6.92 Å². The molecule has 2 rings (SSSR count). The third-order valence-corrected chi connectivity index (χ3v) is 4.03. The average Bonchev–Trinajstić information content (AvgIpc) is 3.04. The monoisotopic (exact) mass is 295 g/mol. The number of hydrogen-bond donors (Lipinski definition) is 2. The molecule has 0 saturated carbocycles. The number of amides is 1. The molecule has 2 N–H and O–H groups in total. The smallest absolute Gasteiger partial charge is 0.263 e. The van der Waals surface area contributed by atoms with Crippen molar-refractivity contribution >= 4 is 22.4 Å². The van der Waals surface area contributed by atoms with E-state index in [1.54, 1.807) is 19.1 Å². The summed E-state index contributed by atoms with van der Waals surface area (Å²) >= 11 is 1.32. The van der Waals surface area contributed by atoms with Crippen LogP contribution in [0.1, 0.15) is 27.2 Å². The number of hydrogen-bond acceptors (Lipinski definition) is 6. The molecule has 1 atom stereocenters. The lowest BCUT2D eigenvalue weighted by molar-refractivity contribution is 0.0904. The second-order valence-electron chi connectivity index (χ2n) is 4.55. The van der Waals surface area contributed by atoms with Gasteiger partial charge in [0.1, 0.15) is 16.7 Å². The number of nitrogens with zero attached hydrogens (tertiary/aromatic N) is 2. The van der Waals surface area contributed by atoms with E-state index in [4.69, 9.17) is 4.42 Å². The van der Waals surface area contributed by atoms with Gasteiger partial charge in [-0.1, -0.05) is 11.3 Å². The Morgan fingerprint density at radius 3 is 2.90 bits per heavy atom. The number of furan rings is 1. The lowest BCUT2D eigenvalue weighted by Crippen LogP contribution is -2.28. The van der Waals surface area contributed by atoms with Crippen LogP contribution in [0.25, 0.3) is 0 Å². The Labute approximate surface area is 121 Å². The molecule has 0 radical (unpaired) electrons. The normalized spacial score (nSPS) is 12.2. The van der Waals surface area contributed by atoms with E-state index in [9.17, 15) is 9.90 Å². The molecule has 0 aliphatic heterocycles. The zero-order valence-corrected chi connectivity index (χ0v) is 12.4. The Kier molecular flexibility index (Phi) is 4.41. The molecular weight excluding hydrogens is 278 g/mol. The summed E-state index contributed by atoms with van der Waals surface area (Å²) in [6, 6.07) is 3.36. The molecule has 0 spiro atoms. The Hall–Kier alpha value is -1.86. The van der Waals surface area contributed by atoms with Crippen molar-refractivity contribution < 1.29 is 14.3 Å². The summed E-state index contributed by atoms with van der Waals surface area (Å²) in [5.41, 5.74) is 0.684. The molecule has 1 unspecified atom stereocenters. The Morgan fingerprint density at radius 1 is 1.60 bits per heavy atom. The quantitative estimate of drug-likeness (QED) is 0.875. The summed E-state index contributed by atoms with van der Waals surface area (Å²) in [4.78, 5) is 18.8. The summed E-state index contributed by atoms with van der Waals surface area (Å²) in [6.45, 7) is 1.89. The van der Waals surface area contributed by atoms with Crippen LogP contribution in [0.2, 0.25) is 0 Å². The first-order valence-corrected chi connectivity index (χ1v) is 6.95. The van der Waals surface area contributed by atoms with E-state index in [1.165, 1.54) is 17.6 Å². The molecule has 2 aromatic heterocycles. The number of nitrogens with one attached hydrogen (secondary N) is 1. The van der Waals surface area contributed by atoms with Crippen LogP contribution in [0.5, 0.6) is 0 Å².